The summed E-state index contributed by atoms with van der Waals surface area (Å²) in [5, 5.41) is 0.573. The summed E-state index contributed by atoms with van der Waals surface area (Å²) in [5.74, 6) is 0. The molecule has 1 aromatic heterocycles. The number of likely N-dealkylation sites (N-methyl/N-ethyl adjacent to an activating group) is 1. The molecule has 0 aliphatic carbocycles. The van der Waals surface area contributed by atoms with Crippen LogP contribution >= 0.6 is 0 Å². The van der Waals surface area contributed by atoms with Gasteiger partial charge in [0.05, 0.1) is 4.90 Å². The largest absolute Gasteiger partial charge is 0.423 e. The molecule has 1 unspecified atom stereocenters. The number of nitrogens with zero attached hydrogens (tertiary/aromatic N) is 1. The molecule has 23 heavy (non-hydrogen) atoms. The fraction of sp³-hybridized carbons (Fsp3) is 0.438. The molecule has 0 saturated carbocycles. The van der Waals surface area contributed by atoms with E-state index in [1.165, 1.54) is 24.3 Å². The van der Waals surface area contributed by atoms with E-state index in [4.69, 9.17) is 4.42 Å². The van der Waals surface area contributed by atoms with E-state index in [1.54, 1.807) is 6.07 Å². The van der Waals surface area contributed by atoms with E-state index in [2.05, 4.69) is 23.5 Å². The van der Waals surface area contributed by atoms with Gasteiger partial charge in [0.1, 0.15) is 5.58 Å². The van der Waals surface area contributed by atoms with Crippen molar-refractivity contribution in [2.24, 2.45) is 0 Å². The number of hydrogen-bond donors (Lipinski definition) is 1. The van der Waals surface area contributed by atoms with Crippen LogP contribution in [0.15, 0.2) is 44.4 Å². The molecule has 2 aromatic rings. The number of hydrogen-bond acceptors (Lipinski definition) is 5. The maximum Gasteiger partial charge on any atom is 0.336 e. The van der Waals surface area contributed by atoms with Crippen molar-refractivity contribution in [1.82, 2.24) is 9.62 Å². The molecular formula is C16H22N2O4S. The van der Waals surface area contributed by atoms with Crippen LogP contribution in [0.4, 0.5) is 0 Å². The van der Waals surface area contributed by atoms with Crippen LogP contribution in [0.5, 0.6) is 0 Å². The molecule has 1 N–H and O–H groups in total. The average Bonchev–Trinajstić information content (AvgIpc) is 2.53. The lowest BCUT2D eigenvalue weighted by Gasteiger charge is -2.23. The summed E-state index contributed by atoms with van der Waals surface area (Å²) in [7, 11) is -1.61. The molecule has 0 amide bonds. The zero-order chi connectivity index (χ0) is 17.0. The van der Waals surface area contributed by atoms with Gasteiger partial charge in [0.25, 0.3) is 0 Å². The van der Waals surface area contributed by atoms with Crippen molar-refractivity contribution in [2.75, 3.05) is 20.1 Å². The van der Waals surface area contributed by atoms with Crippen molar-refractivity contribution in [1.29, 1.82) is 0 Å². The van der Waals surface area contributed by atoms with Crippen LogP contribution in [0.2, 0.25) is 0 Å². The van der Waals surface area contributed by atoms with Crippen molar-refractivity contribution < 1.29 is 12.8 Å². The summed E-state index contributed by atoms with van der Waals surface area (Å²) < 4.78 is 32.3. The highest BCUT2D eigenvalue weighted by atomic mass is 32.2. The molecule has 0 fully saturated rings. The normalized spacial score (nSPS) is 13.6. The smallest absolute Gasteiger partial charge is 0.336 e. The van der Waals surface area contributed by atoms with Crippen molar-refractivity contribution in [3.8, 4) is 0 Å². The lowest BCUT2D eigenvalue weighted by molar-refractivity contribution is 0.256. The molecule has 7 heteroatoms. The highest BCUT2D eigenvalue weighted by Gasteiger charge is 2.15. The minimum atomic E-state index is -3.59. The first-order valence-corrected chi connectivity index (χ1v) is 9.05. The summed E-state index contributed by atoms with van der Waals surface area (Å²) in [4.78, 5) is 13.4. The molecule has 0 aliphatic rings. The summed E-state index contributed by atoms with van der Waals surface area (Å²) in [6.45, 7) is 5.17. The van der Waals surface area contributed by atoms with Crippen molar-refractivity contribution in [3.05, 3.63) is 40.8 Å². The molecule has 0 radical (unpaired) electrons. The van der Waals surface area contributed by atoms with Gasteiger partial charge in [-0.25, -0.2) is 17.9 Å². The predicted molar refractivity (Wildman–Crippen MR) is 90.1 cm³/mol. The molecule has 2 rings (SSSR count). The quantitative estimate of drug-likeness (QED) is 0.779. The van der Waals surface area contributed by atoms with E-state index in [0.717, 1.165) is 6.42 Å². The molecular weight excluding hydrogens is 316 g/mol. The maximum atomic E-state index is 12.3. The van der Waals surface area contributed by atoms with Gasteiger partial charge in [-0.15, -0.1) is 0 Å². The fourth-order valence-corrected chi connectivity index (χ4v) is 3.24. The third-order valence-corrected chi connectivity index (χ3v) is 5.46. The van der Waals surface area contributed by atoms with Crippen LogP contribution in [-0.2, 0) is 10.0 Å². The highest BCUT2D eigenvalue weighted by Crippen LogP contribution is 2.17. The first-order valence-electron chi connectivity index (χ1n) is 7.57. The minimum Gasteiger partial charge on any atom is -0.423 e. The highest BCUT2D eigenvalue weighted by molar-refractivity contribution is 7.89. The number of rotatable bonds is 7. The molecule has 0 saturated heterocycles. The Kier molecular flexibility index (Phi) is 5.56. The van der Waals surface area contributed by atoms with Gasteiger partial charge in [0.15, 0.2) is 0 Å². The first kappa shape index (κ1) is 17.7. The zero-order valence-electron chi connectivity index (χ0n) is 13.6. The second kappa shape index (κ2) is 7.25. The Morgan fingerprint density at radius 1 is 1.26 bits per heavy atom. The Morgan fingerprint density at radius 3 is 2.70 bits per heavy atom. The predicted octanol–water partition coefficient (Wildman–Crippen LogP) is 1.80. The number of fused-ring (bicyclic) bond motifs is 1. The lowest BCUT2D eigenvalue weighted by Crippen LogP contribution is -2.37. The van der Waals surface area contributed by atoms with Gasteiger partial charge >= 0.3 is 5.63 Å². The molecule has 1 atom stereocenters. The van der Waals surface area contributed by atoms with E-state index >= 15 is 0 Å². The monoisotopic (exact) mass is 338 g/mol. The molecule has 0 bridgehead atoms. The third-order valence-electron chi connectivity index (χ3n) is 4.00. The summed E-state index contributed by atoms with van der Waals surface area (Å²) in [6, 6.07) is 7.66. The summed E-state index contributed by atoms with van der Waals surface area (Å²) in [5.41, 5.74) is -0.0905. The molecule has 0 aliphatic heterocycles. The first-order chi connectivity index (χ1) is 10.8. The lowest BCUT2D eigenvalue weighted by atomic mass is 10.2. The van der Waals surface area contributed by atoms with Gasteiger partial charge in [0, 0.05) is 30.6 Å². The second-order valence-electron chi connectivity index (χ2n) is 5.59. The van der Waals surface area contributed by atoms with Crippen LogP contribution in [0.25, 0.3) is 11.0 Å². The molecule has 1 aromatic carbocycles. The Hall–Kier alpha value is -1.70. The number of sulfonamides is 1. The number of benzene rings is 1. The Morgan fingerprint density at radius 2 is 2.00 bits per heavy atom. The van der Waals surface area contributed by atoms with Crippen LogP contribution < -0.4 is 10.3 Å². The van der Waals surface area contributed by atoms with E-state index < -0.39 is 15.6 Å². The zero-order valence-corrected chi connectivity index (χ0v) is 14.4. The molecule has 126 valence electrons. The van der Waals surface area contributed by atoms with Crippen LogP contribution in [0, 0.1) is 0 Å². The Balaban J connectivity index is 2.10. The van der Waals surface area contributed by atoms with Gasteiger partial charge in [0.2, 0.25) is 10.0 Å². The second-order valence-corrected chi connectivity index (χ2v) is 7.36. The van der Waals surface area contributed by atoms with Crippen LogP contribution in [-0.4, -0.2) is 39.5 Å². The molecule has 6 nitrogen and oxygen atoms in total. The van der Waals surface area contributed by atoms with Gasteiger partial charge in [-0.3, -0.25) is 0 Å². The van der Waals surface area contributed by atoms with Crippen molar-refractivity contribution >= 4 is 21.0 Å². The van der Waals surface area contributed by atoms with Crippen molar-refractivity contribution in [2.45, 2.75) is 31.2 Å². The van der Waals surface area contributed by atoms with Crippen LogP contribution in [0.1, 0.15) is 20.3 Å². The molecule has 1 heterocycles. The van der Waals surface area contributed by atoms with Gasteiger partial charge in [-0.1, -0.05) is 6.92 Å². The van der Waals surface area contributed by atoms with E-state index in [9.17, 15) is 13.2 Å². The topological polar surface area (TPSA) is 79.6 Å². The summed E-state index contributed by atoms with van der Waals surface area (Å²) >= 11 is 0. The van der Waals surface area contributed by atoms with Gasteiger partial charge in [-0.05, 0) is 44.7 Å². The maximum absolute atomic E-state index is 12.3. The number of nitrogens with one attached hydrogen (secondary N) is 1. The van der Waals surface area contributed by atoms with E-state index in [-0.39, 0.29) is 4.90 Å². The standard InChI is InChI=1S/C16H22N2O4S/c1-4-12(2)18(3)10-9-17-23(20,21)14-6-7-15-13(11-14)5-8-16(19)22-15/h5-8,11-12,17H,4,9-10H2,1-3H3. The van der Waals surface area contributed by atoms with E-state index in [0.29, 0.717) is 30.1 Å². The Labute approximate surface area is 136 Å². The molecule has 0 spiro atoms. The minimum absolute atomic E-state index is 0.157. The average molecular weight is 338 g/mol. The summed E-state index contributed by atoms with van der Waals surface area (Å²) in [6.07, 6.45) is 1.01. The van der Waals surface area contributed by atoms with Crippen molar-refractivity contribution in [3.63, 3.8) is 0 Å². The van der Waals surface area contributed by atoms with E-state index in [1.807, 2.05) is 7.05 Å². The third kappa shape index (κ3) is 4.40. The van der Waals surface area contributed by atoms with Gasteiger partial charge < -0.3 is 9.32 Å². The fourth-order valence-electron chi connectivity index (χ4n) is 2.19. The SMILES string of the molecule is CCC(C)N(C)CCNS(=O)(=O)c1ccc2oc(=O)ccc2c1. The van der Waals surface area contributed by atoms with Crippen LogP contribution in [0.3, 0.4) is 0 Å². The van der Waals surface area contributed by atoms with Gasteiger partial charge in [-0.2, -0.15) is 0 Å². The Bertz CT molecular complexity index is 829.